The quantitative estimate of drug-likeness (QED) is 0.718. The summed E-state index contributed by atoms with van der Waals surface area (Å²) in [5.41, 5.74) is 2.32. The Morgan fingerprint density at radius 1 is 1.29 bits per heavy atom. The SMILES string of the molecule is COc1ccccc1N1CC(C(=O)Nc2nc(-c3cccnc3)cs2)CC1=O. The summed E-state index contributed by atoms with van der Waals surface area (Å²) in [5, 5.41) is 5.21. The lowest BCUT2D eigenvalue weighted by Gasteiger charge is -2.19. The van der Waals surface area contributed by atoms with E-state index in [2.05, 4.69) is 15.3 Å². The van der Waals surface area contributed by atoms with E-state index in [4.69, 9.17) is 4.74 Å². The summed E-state index contributed by atoms with van der Waals surface area (Å²) >= 11 is 1.35. The largest absolute Gasteiger partial charge is 0.495 e. The number of pyridine rings is 1. The van der Waals surface area contributed by atoms with Crippen molar-refractivity contribution in [2.45, 2.75) is 6.42 Å². The zero-order valence-corrected chi connectivity index (χ0v) is 16.0. The normalized spacial score (nSPS) is 16.2. The number of hydrogen-bond donors (Lipinski definition) is 1. The van der Waals surface area contributed by atoms with Gasteiger partial charge in [0.25, 0.3) is 0 Å². The lowest BCUT2D eigenvalue weighted by molar-refractivity contribution is -0.122. The first-order valence-electron chi connectivity index (χ1n) is 8.76. The third-order valence-corrected chi connectivity index (χ3v) is 5.32. The molecule has 1 aliphatic heterocycles. The molecule has 7 nitrogen and oxygen atoms in total. The van der Waals surface area contributed by atoms with Gasteiger partial charge in [-0.2, -0.15) is 0 Å². The summed E-state index contributed by atoms with van der Waals surface area (Å²) in [5.74, 6) is -0.140. The van der Waals surface area contributed by atoms with Crippen molar-refractivity contribution in [2.24, 2.45) is 5.92 Å². The Kier molecular flexibility index (Phi) is 5.03. The minimum absolute atomic E-state index is 0.0974. The van der Waals surface area contributed by atoms with Gasteiger partial charge in [-0.1, -0.05) is 12.1 Å². The van der Waals surface area contributed by atoms with Crippen LogP contribution in [0.5, 0.6) is 5.75 Å². The first kappa shape index (κ1) is 18.1. The van der Waals surface area contributed by atoms with Crippen molar-refractivity contribution in [3.63, 3.8) is 0 Å². The predicted octanol–water partition coefficient (Wildman–Crippen LogP) is 3.21. The molecular weight excluding hydrogens is 376 g/mol. The van der Waals surface area contributed by atoms with E-state index in [0.29, 0.717) is 23.1 Å². The van der Waals surface area contributed by atoms with E-state index in [1.54, 1.807) is 30.5 Å². The average Bonchev–Trinajstić information content (AvgIpc) is 3.35. The van der Waals surface area contributed by atoms with E-state index in [1.165, 1.54) is 11.3 Å². The molecule has 2 aromatic heterocycles. The molecule has 1 aliphatic rings. The molecule has 1 N–H and O–H groups in total. The van der Waals surface area contributed by atoms with Gasteiger partial charge in [0.2, 0.25) is 11.8 Å². The van der Waals surface area contributed by atoms with Crippen LogP contribution >= 0.6 is 11.3 Å². The van der Waals surface area contributed by atoms with E-state index in [9.17, 15) is 9.59 Å². The van der Waals surface area contributed by atoms with Crippen LogP contribution < -0.4 is 15.0 Å². The summed E-state index contributed by atoms with van der Waals surface area (Å²) in [4.78, 5) is 35.3. The second-order valence-electron chi connectivity index (χ2n) is 6.35. The Bertz CT molecular complexity index is 1010. The molecule has 0 bridgehead atoms. The predicted molar refractivity (Wildman–Crippen MR) is 107 cm³/mol. The van der Waals surface area contributed by atoms with Gasteiger partial charge in [-0.15, -0.1) is 11.3 Å². The van der Waals surface area contributed by atoms with E-state index in [0.717, 1.165) is 11.3 Å². The first-order valence-corrected chi connectivity index (χ1v) is 9.64. The number of methoxy groups -OCH3 is 1. The molecule has 1 saturated heterocycles. The number of anilines is 2. The van der Waals surface area contributed by atoms with Crippen molar-refractivity contribution in [1.29, 1.82) is 0 Å². The van der Waals surface area contributed by atoms with Crippen molar-refractivity contribution in [3.8, 4) is 17.0 Å². The van der Waals surface area contributed by atoms with Gasteiger partial charge < -0.3 is 15.0 Å². The highest BCUT2D eigenvalue weighted by molar-refractivity contribution is 7.14. The van der Waals surface area contributed by atoms with Crippen LogP contribution in [0, 0.1) is 5.92 Å². The highest BCUT2D eigenvalue weighted by Crippen LogP contribution is 2.33. The van der Waals surface area contributed by atoms with E-state index < -0.39 is 5.92 Å². The number of nitrogens with one attached hydrogen (secondary N) is 1. The van der Waals surface area contributed by atoms with Crippen molar-refractivity contribution >= 4 is 34.0 Å². The van der Waals surface area contributed by atoms with Gasteiger partial charge in [0.15, 0.2) is 5.13 Å². The molecular formula is C20H18N4O3S. The highest BCUT2D eigenvalue weighted by atomic mass is 32.1. The van der Waals surface area contributed by atoms with Crippen LogP contribution in [0.15, 0.2) is 54.2 Å². The molecule has 0 aliphatic carbocycles. The third-order valence-electron chi connectivity index (χ3n) is 4.56. The summed E-state index contributed by atoms with van der Waals surface area (Å²) < 4.78 is 5.33. The summed E-state index contributed by atoms with van der Waals surface area (Å²) in [6.07, 6.45) is 3.58. The number of carbonyl (C=O) groups is 2. The smallest absolute Gasteiger partial charge is 0.231 e. The van der Waals surface area contributed by atoms with Gasteiger partial charge in [-0.05, 0) is 24.3 Å². The van der Waals surface area contributed by atoms with Crippen LogP contribution in [-0.2, 0) is 9.59 Å². The Morgan fingerprint density at radius 2 is 2.14 bits per heavy atom. The molecule has 0 radical (unpaired) electrons. The van der Waals surface area contributed by atoms with Crippen LogP contribution in [-0.4, -0.2) is 35.4 Å². The summed E-state index contributed by atoms with van der Waals surface area (Å²) in [6.45, 7) is 0.311. The monoisotopic (exact) mass is 394 g/mol. The molecule has 3 aromatic rings. The number of amides is 2. The van der Waals surface area contributed by atoms with Crippen LogP contribution in [0.1, 0.15) is 6.42 Å². The van der Waals surface area contributed by atoms with Crippen LogP contribution in [0.2, 0.25) is 0 Å². The zero-order valence-electron chi connectivity index (χ0n) is 15.2. The minimum atomic E-state index is -0.442. The number of carbonyl (C=O) groups excluding carboxylic acids is 2. The van der Waals surface area contributed by atoms with Gasteiger partial charge in [-0.25, -0.2) is 4.98 Å². The Morgan fingerprint density at radius 3 is 2.93 bits per heavy atom. The van der Waals surface area contributed by atoms with Gasteiger partial charge in [0.1, 0.15) is 5.75 Å². The van der Waals surface area contributed by atoms with E-state index in [1.807, 2.05) is 35.7 Å². The maximum atomic E-state index is 12.7. The number of thiazole rings is 1. The molecule has 3 heterocycles. The molecule has 1 fully saturated rings. The third kappa shape index (κ3) is 3.59. The summed E-state index contributed by atoms with van der Waals surface area (Å²) in [6, 6.07) is 11.0. The van der Waals surface area contributed by atoms with Crippen molar-refractivity contribution in [1.82, 2.24) is 9.97 Å². The number of hydrogen-bond acceptors (Lipinski definition) is 6. The maximum absolute atomic E-state index is 12.7. The number of aromatic nitrogens is 2. The van der Waals surface area contributed by atoms with Crippen LogP contribution in [0.4, 0.5) is 10.8 Å². The molecule has 1 aromatic carbocycles. The molecule has 1 atom stereocenters. The molecule has 2 amide bonds. The van der Waals surface area contributed by atoms with E-state index >= 15 is 0 Å². The van der Waals surface area contributed by atoms with Gasteiger partial charge in [0, 0.05) is 36.3 Å². The number of ether oxygens (including phenoxy) is 1. The topological polar surface area (TPSA) is 84.4 Å². The average molecular weight is 394 g/mol. The van der Waals surface area contributed by atoms with Gasteiger partial charge in [0.05, 0.1) is 24.4 Å². The molecule has 8 heteroatoms. The molecule has 4 rings (SSSR count). The van der Waals surface area contributed by atoms with Crippen molar-refractivity contribution in [2.75, 3.05) is 23.9 Å². The second-order valence-corrected chi connectivity index (χ2v) is 7.20. The van der Waals surface area contributed by atoms with Crippen molar-refractivity contribution in [3.05, 3.63) is 54.2 Å². The lowest BCUT2D eigenvalue weighted by atomic mass is 10.1. The second kappa shape index (κ2) is 7.77. The van der Waals surface area contributed by atoms with Crippen LogP contribution in [0.25, 0.3) is 11.3 Å². The lowest BCUT2D eigenvalue weighted by Crippen LogP contribution is -2.28. The van der Waals surface area contributed by atoms with Gasteiger partial charge >= 0.3 is 0 Å². The Balaban J connectivity index is 1.45. The number of rotatable bonds is 5. The summed E-state index contributed by atoms with van der Waals surface area (Å²) in [7, 11) is 1.56. The Hall–Kier alpha value is -3.26. The fourth-order valence-electron chi connectivity index (χ4n) is 3.15. The number of nitrogens with zero attached hydrogens (tertiary/aromatic N) is 3. The standard InChI is InChI=1S/C20H18N4O3S/c1-27-17-7-3-2-6-16(17)24-11-14(9-18(24)25)19(26)23-20-22-15(12-28-20)13-5-4-8-21-10-13/h2-8,10,12,14H,9,11H2,1H3,(H,22,23,26). The molecule has 142 valence electrons. The van der Waals surface area contributed by atoms with E-state index in [-0.39, 0.29) is 18.2 Å². The van der Waals surface area contributed by atoms with Gasteiger partial charge in [-0.3, -0.25) is 14.6 Å². The van der Waals surface area contributed by atoms with Crippen LogP contribution in [0.3, 0.4) is 0 Å². The van der Waals surface area contributed by atoms with Crippen molar-refractivity contribution < 1.29 is 14.3 Å². The molecule has 0 saturated carbocycles. The number of para-hydroxylation sites is 2. The minimum Gasteiger partial charge on any atom is -0.495 e. The first-order chi connectivity index (χ1) is 13.7. The zero-order chi connectivity index (χ0) is 19.5. The fraction of sp³-hybridized carbons (Fsp3) is 0.200. The fourth-order valence-corrected chi connectivity index (χ4v) is 3.88. The Labute approximate surface area is 166 Å². The highest BCUT2D eigenvalue weighted by Gasteiger charge is 2.36. The molecule has 28 heavy (non-hydrogen) atoms. The number of benzene rings is 1. The molecule has 0 spiro atoms. The molecule has 1 unspecified atom stereocenters. The maximum Gasteiger partial charge on any atom is 0.231 e.